The zero-order valence-electron chi connectivity index (χ0n) is 14.7. The molecule has 1 fully saturated rings. The number of hydrogen-bond acceptors (Lipinski definition) is 3. The van der Waals surface area contributed by atoms with Crippen LogP contribution >= 0.6 is 0 Å². The van der Waals surface area contributed by atoms with E-state index in [0.717, 1.165) is 38.2 Å². The standard InChI is InChI=1S/C21H25N3O/c1-18-11-13-23(21(25)10-9-19-8-5-12-22-16-19)14-15-24(18)17-20-6-3-2-4-7-20/h2-10,12,16,18H,11,13-15,17H2,1H3/b10-9+/t18-/m1/s1. The van der Waals surface area contributed by atoms with E-state index in [4.69, 9.17) is 0 Å². The first kappa shape index (κ1) is 17.4. The minimum Gasteiger partial charge on any atom is -0.338 e. The molecule has 0 spiro atoms. The second kappa shape index (κ2) is 8.58. The summed E-state index contributed by atoms with van der Waals surface area (Å²) in [5.74, 6) is 0.0811. The molecule has 4 heteroatoms. The number of pyridine rings is 1. The molecule has 0 aliphatic carbocycles. The average molecular weight is 335 g/mol. The van der Waals surface area contributed by atoms with Crippen LogP contribution in [-0.2, 0) is 11.3 Å². The zero-order chi connectivity index (χ0) is 17.5. The maximum absolute atomic E-state index is 12.5. The van der Waals surface area contributed by atoms with Gasteiger partial charge in [0.2, 0.25) is 5.91 Å². The number of carbonyl (C=O) groups is 1. The van der Waals surface area contributed by atoms with Crippen LogP contribution in [0.25, 0.3) is 6.08 Å². The zero-order valence-corrected chi connectivity index (χ0v) is 14.7. The van der Waals surface area contributed by atoms with Crippen molar-refractivity contribution in [2.24, 2.45) is 0 Å². The van der Waals surface area contributed by atoms with E-state index in [0.29, 0.717) is 6.04 Å². The summed E-state index contributed by atoms with van der Waals surface area (Å²) in [6, 6.07) is 14.8. The Bertz CT molecular complexity index is 700. The van der Waals surface area contributed by atoms with E-state index in [-0.39, 0.29) is 5.91 Å². The fraction of sp³-hybridized carbons (Fsp3) is 0.333. The molecule has 3 rings (SSSR count). The lowest BCUT2D eigenvalue weighted by Crippen LogP contribution is -2.35. The van der Waals surface area contributed by atoms with Crippen molar-refractivity contribution < 1.29 is 4.79 Å². The molecule has 1 aromatic heterocycles. The maximum atomic E-state index is 12.5. The highest BCUT2D eigenvalue weighted by Crippen LogP contribution is 2.15. The smallest absolute Gasteiger partial charge is 0.246 e. The molecule has 1 amide bonds. The van der Waals surface area contributed by atoms with Crippen LogP contribution in [0.5, 0.6) is 0 Å². The van der Waals surface area contributed by atoms with Gasteiger partial charge in [0.15, 0.2) is 0 Å². The third kappa shape index (κ3) is 5.00. The summed E-state index contributed by atoms with van der Waals surface area (Å²) < 4.78 is 0. The normalized spacial score (nSPS) is 19.1. The van der Waals surface area contributed by atoms with Gasteiger partial charge in [0, 0.05) is 50.7 Å². The molecule has 1 aliphatic rings. The first-order valence-electron chi connectivity index (χ1n) is 8.87. The molecule has 0 bridgehead atoms. The minimum absolute atomic E-state index is 0.0811. The van der Waals surface area contributed by atoms with Gasteiger partial charge >= 0.3 is 0 Å². The van der Waals surface area contributed by atoms with E-state index in [1.807, 2.05) is 29.2 Å². The summed E-state index contributed by atoms with van der Waals surface area (Å²) in [4.78, 5) is 21.0. The molecule has 25 heavy (non-hydrogen) atoms. The third-order valence-corrected chi connectivity index (χ3v) is 4.74. The first-order chi connectivity index (χ1) is 12.2. The van der Waals surface area contributed by atoms with Crippen LogP contribution in [0.3, 0.4) is 0 Å². The Hall–Kier alpha value is -2.46. The lowest BCUT2D eigenvalue weighted by Gasteiger charge is -2.26. The molecule has 0 saturated carbocycles. The van der Waals surface area contributed by atoms with Crippen LogP contribution in [0.2, 0.25) is 0 Å². The van der Waals surface area contributed by atoms with E-state index in [1.165, 1.54) is 5.56 Å². The predicted molar refractivity (Wildman–Crippen MR) is 101 cm³/mol. The fourth-order valence-electron chi connectivity index (χ4n) is 3.13. The molecule has 0 unspecified atom stereocenters. The Kier molecular flexibility index (Phi) is 5.96. The molecular formula is C21H25N3O. The van der Waals surface area contributed by atoms with Crippen LogP contribution in [0.1, 0.15) is 24.5 Å². The van der Waals surface area contributed by atoms with Gasteiger partial charge in [-0.15, -0.1) is 0 Å². The van der Waals surface area contributed by atoms with Crippen molar-refractivity contribution in [3.8, 4) is 0 Å². The van der Waals surface area contributed by atoms with Crippen molar-refractivity contribution in [2.45, 2.75) is 25.9 Å². The van der Waals surface area contributed by atoms with Crippen molar-refractivity contribution in [1.82, 2.24) is 14.8 Å². The van der Waals surface area contributed by atoms with Crippen molar-refractivity contribution >= 4 is 12.0 Å². The molecule has 1 aliphatic heterocycles. The maximum Gasteiger partial charge on any atom is 0.246 e. The lowest BCUT2D eigenvalue weighted by molar-refractivity contribution is -0.125. The molecular weight excluding hydrogens is 310 g/mol. The monoisotopic (exact) mass is 335 g/mol. The van der Waals surface area contributed by atoms with Gasteiger partial charge in [-0.25, -0.2) is 0 Å². The molecule has 0 N–H and O–H groups in total. The summed E-state index contributed by atoms with van der Waals surface area (Å²) in [5.41, 5.74) is 2.27. The number of hydrogen-bond donors (Lipinski definition) is 0. The van der Waals surface area contributed by atoms with Gasteiger partial charge < -0.3 is 4.90 Å². The second-order valence-electron chi connectivity index (χ2n) is 6.54. The summed E-state index contributed by atoms with van der Waals surface area (Å²) >= 11 is 0. The van der Waals surface area contributed by atoms with Crippen LogP contribution in [0.4, 0.5) is 0 Å². The highest BCUT2D eigenvalue weighted by molar-refractivity contribution is 5.91. The Morgan fingerprint density at radius 2 is 2.00 bits per heavy atom. The van der Waals surface area contributed by atoms with Gasteiger partial charge in [-0.3, -0.25) is 14.7 Å². The number of carbonyl (C=O) groups excluding carboxylic acids is 1. The van der Waals surface area contributed by atoms with Crippen molar-refractivity contribution in [3.05, 3.63) is 72.1 Å². The van der Waals surface area contributed by atoms with Crippen molar-refractivity contribution in [3.63, 3.8) is 0 Å². The highest BCUT2D eigenvalue weighted by atomic mass is 16.2. The van der Waals surface area contributed by atoms with Gasteiger partial charge in [-0.1, -0.05) is 36.4 Å². The Morgan fingerprint density at radius 3 is 2.76 bits per heavy atom. The molecule has 4 nitrogen and oxygen atoms in total. The van der Waals surface area contributed by atoms with Gasteiger partial charge in [0.25, 0.3) is 0 Å². The van der Waals surface area contributed by atoms with E-state index >= 15 is 0 Å². The number of rotatable bonds is 4. The minimum atomic E-state index is 0.0811. The van der Waals surface area contributed by atoms with Crippen LogP contribution in [-0.4, -0.2) is 46.4 Å². The number of aromatic nitrogens is 1. The predicted octanol–water partition coefficient (Wildman–Crippen LogP) is 3.22. The molecule has 2 heterocycles. The Morgan fingerprint density at radius 1 is 1.16 bits per heavy atom. The molecule has 1 atom stereocenters. The summed E-state index contributed by atoms with van der Waals surface area (Å²) in [7, 11) is 0. The summed E-state index contributed by atoms with van der Waals surface area (Å²) in [6.45, 7) is 5.68. The second-order valence-corrected chi connectivity index (χ2v) is 6.54. The largest absolute Gasteiger partial charge is 0.338 e. The molecule has 1 saturated heterocycles. The topological polar surface area (TPSA) is 36.4 Å². The van der Waals surface area contributed by atoms with Gasteiger partial charge in [0.05, 0.1) is 0 Å². The van der Waals surface area contributed by atoms with Crippen LogP contribution in [0, 0.1) is 0 Å². The Labute approximate surface area is 149 Å². The fourth-order valence-corrected chi connectivity index (χ4v) is 3.13. The number of amides is 1. The Balaban J connectivity index is 1.58. The van der Waals surface area contributed by atoms with Gasteiger partial charge in [-0.05, 0) is 36.6 Å². The van der Waals surface area contributed by atoms with Crippen molar-refractivity contribution in [1.29, 1.82) is 0 Å². The quantitative estimate of drug-likeness (QED) is 0.805. The average Bonchev–Trinajstić information content (AvgIpc) is 2.84. The van der Waals surface area contributed by atoms with Crippen LogP contribution < -0.4 is 0 Å². The van der Waals surface area contributed by atoms with E-state index < -0.39 is 0 Å². The summed E-state index contributed by atoms with van der Waals surface area (Å²) in [5, 5.41) is 0. The SMILES string of the molecule is C[C@@H]1CCN(C(=O)/C=C/c2cccnc2)CCN1Cc1ccccc1. The van der Waals surface area contributed by atoms with Crippen LogP contribution in [0.15, 0.2) is 60.9 Å². The molecule has 1 aromatic carbocycles. The molecule has 0 radical (unpaired) electrons. The van der Waals surface area contributed by atoms with Crippen molar-refractivity contribution in [2.75, 3.05) is 19.6 Å². The van der Waals surface area contributed by atoms with E-state index in [9.17, 15) is 4.79 Å². The third-order valence-electron chi connectivity index (χ3n) is 4.74. The molecule has 2 aromatic rings. The lowest BCUT2D eigenvalue weighted by atomic mass is 10.1. The van der Waals surface area contributed by atoms with Gasteiger partial charge in [0.1, 0.15) is 0 Å². The van der Waals surface area contributed by atoms with E-state index in [1.54, 1.807) is 18.5 Å². The molecule has 130 valence electrons. The summed E-state index contributed by atoms with van der Waals surface area (Å²) in [6.07, 6.45) is 7.99. The van der Waals surface area contributed by atoms with Gasteiger partial charge in [-0.2, -0.15) is 0 Å². The first-order valence-corrected chi connectivity index (χ1v) is 8.87. The number of nitrogens with zero attached hydrogens (tertiary/aromatic N) is 3. The van der Waals surface area contributed by atoms with E-state index in [2.05, 4.69) is 41.1 Å². The number of benzene rings is 1. The highest BCUT2D eigenvalue weighted by Gasteiger charge is 2.22.